The Kier molecular flexibility index (Phi) is 5.35. The Labute approximate surface area is 101 Å². The van der Waals surface area contributed by atoms with Gasteiger partial charge in [0.25, 0.3) is 0 Å². The summed E-state index contributed by atoms with van der Waals surface area (Å²) in [6.45, 7) is 9.30. The predicted octanol–water partition coefficient (Wildman–Crippen LogP) is 1.19. The normalized spacial score (nSPS) is 10.5. The SMILES string of the molecule is C=CCOCCNc1nc(N)nc(C(C)C)n1. The third-order valence-electron chi connectivity index (χ3n) is 1.95. The van der Waals surface area contributed by atoms with Gasteiger partial charge >= 0.3 is 0 Å². The number of aromatic nitrogens is 3. The van der Waals surface area contributed by atoms with Gasteiger partial charge in [0.1, 0.15) is 5.82 Å². The highest BCUT2D eigenvalue weighted by Crippen LogP contribution is 2.11. The third-order valence-corrected chi connectivity index (χ3v) is 1.95. The smallest absolute Gasteiger partial charge is 0.227 e. The van der Waals surface area contributed by atoms with Crippen LogP contribution >= 0.6 is 0 Å². The molecule has 0 saturated heterocycles. The quantitative estimate of drug-likeness (QED) is 0.547. The van der Waals surface area contributed by atoms with Gasteiger partial charge in [0.2, 0.25) is 11.9 Å². The summed E-state index contributed by atoms with van der Waals surface area (Å²) in [6, 6.07) is 0. The Morgan fingerprint density at radius 1 is 1.41 bits per heavy atom. The number of hydrogen-bond acceptors (Lipinski definition) is 6. The van der Waals surface area contributed by atoms with Crippen LogP contribution < -0.4 is 11.1 Å². The Morgan fingerprint density at radius 3 is 2.82 bits per heavy atom. The Hall–Kier alpha value is -1.69. The van der Waals surface area contributed by atoms with Crippen molar-refractivity contribution in [2.45, 2.75) is 19.8 Å². The minimum atomic E-state index is 0.220. The van der Waals surface area contributed by atoms with Gasteiger partial charge in [0.05, 0.1) is 13.2 Å². The highest BCUT2D eigenvalue weighted by atomic mass is 16.5. The van der Waals surface area contributed by atoms with Gasteiger partial charge in [-0.05, 0) is 0 Å². The summed E-state index contributed by atoms with van der Waals surface area (Å²) in [4.78, 5) is 12.3. The first-order valence-electron chi connectivity index (χ1n) is 5.57. The van der Waals surface area contributed by atoms with Gasteiger partial charge in [-0.1, -0.05) is 19.9 Å². The summed E-state index contributed by atoms with van der Waals surface area (Å²) in [7, 11) is 0. The average Bonchev–Trinajstić information content (AvgIpc) is 2.28. The molecule has 17 heavy (non-hydrogen) atoms. The number of nitrogens with two attached hydrogens (primary N) is 1. The van der Waals surface area contributed by atoms with Crippen LogP contribution in [0.2, 0.25) is 0 Å². The number of ether oxygens (including phenoxy) is 1. The van der Waals surface area contributed by atoms with E-state index in [1.807, 2.05) is 13.8 Å². The molecule has 1 aromatic heterocycles. The molecule has 0 saturated carbocycles. The van der Waals surface area contributed by atoms with E-state index in [9.17, 15) is 0 Å². The van der Waals surface area contributed by atoms with Gasteiger partial charge in [-0.25, -0.2) is 0 Å². The molecule has 0 aliphatic carbocycles. The van der Waals surface area contributed by atoms with Gasteiger partial charge in [0, 0.05) is 12.5 Å². The van der Waals surface area contributed by atoms with E-state index in [0.717, 1.165) is 0 Å². The van der Waals surface area contributed by atoms with Crippen LogP contribution in [0.25, 0.3) is 0 Å². The molecule has 1 heterocycles. The van der Waals surface area contributed by atoms with E-state index in [-0.39, 0.29) is 11.9 Å². The van der Waals surface area contributed by atoms with Crippen LogP contribution in [0.15, 0.2) is 12.7 Å². The third kappa shape index (κ3) is 4.78. The molecule has 0 atom stereocenters. The Balaban J connectivity index is 2.50. The van der Waals surface area contributed by atoms with Gasteiger partial charge in [0.15, 0.2) is 0 Å². The first-order valence-corrected chi connectivity index (χ1v) is 5.57. The molecule has 0 aromatic carbocycles. The number of anilines is 2. The Bertz CT molecular complexity index is 367. The second kappa shape index (κ2) is 6.80. The predicted molar refractivity (Wildman–Crippen MR) is 67.8 cm³/mol. The second-order valence-electron chi connectivity index (χ2n) is 3.82. The summed E-state index contributed by atoms with van der Waals surface area (Å²) in [6.07, 6.45) is 1.71. The largest absolute Gasteiger partial charge is 0.376 e. The molecule has 94 valence electrons. The van der Waals surface area contributed by atoms with Crippen LogP contribution in [-0.4, -0.2) is 34.7 Å². The lowest BCUT2D eigenvalue weighted by molar-refractivity contribution is 0.173. The molecule has 0 fully saturated rings. The van der Waals surface area contributed by atoms with Crippen LogP contribution in [0, 0.1) is 0 Å². The molecule has 3 N–H and O–H groups in total. The van der Waals surface area contributed by atoms with Crippen molar-refractivity contribution in [1.29, 1.82) is 0 Å². The van der Waals surface area contributed by atoms with Crippen molar-refractivity contribution in [3.63, 3.8) is 0 Å². The maximum absolute atomic E-state index is 5.60. The van der Waals surface area contributed by atoms with Crippen molar-refractivity contribution in [1.82, 2.24) is 15.0 Å². The minimum absolute atomic E-state index is 0.220. The molecule has 0 spiro atoms. The number of nitrogens with one attached hydrogen (secondary N) is 1. The molecule has 0 aliphatic heterocycles. The van der Waals surface area contributed by atoms with Crippen LogP contribution in [0.4, 0.5) is 11.9 Å². The van der Waals surface area contributed by atoms with E-state index in [0.29, 0.717) is 31.5 Å². The fraction of sp³-hybridized carbons (Fsp3) is 0.545. The van der Waals surface area contributed by atoms with Crippen LogP contribution in [0.5, 0.6) is 0 Å². The molecule has 1 aromatic rings. The molecule has 6 nitrogen and oxygen atoms in total. The van der Waals surface area contributed by atoms with Crippen molar-refractivity contribution in [2.24, 2.45) is 0 Å². The van der Waals surface area contributed by atoms with E-state index in [4.69, 9.17) is 10.5 Å². The maximum Gasteiger partial charge on any atom is 0.227 e. The number of rotatable bonds is 7. The summed E-state index contributed by atoms with van der Waals surface area (Å²) in [5, 5.41) is 3.04. The van der Waals surface area contributed by atoms with E-state index in [1.165, 1.54) is 0 Å². The standard InChI is InChI=1S/C11H19N5O/c1-4-6-17-7-5-13-11-15-9(8(2)3)14-10(12)16-11/h4,8H,1,5-7H2,2-3H3,(H3,12,13,14,15,16). The first kappa shape index (κ1) is 13.4. The molecule has 0 bridgehead atoms. The average molecular weight is 237 g/mol. The molecule has 0 radical (unpaired) electrons. The minimum Gasteiger partial charge on any atom is -0.376 e. The van der Waals surface area contributed by atoms with Gasteiger partial charge in [-0.3, -0.25) is 0 Å². The van der Waals surface area contributed by atoms with Crippen molar-refractivity contribution in [3.05, 3.63) is 18.5 Å². The molecular formula is C11H19N5O. The van der Waals surface area contributed by atoms with E-state index >= 15 is 0 Å². The second-order valence-corrected chi connectivity index (χ2v) is 3.82. The van der Waals surface area contributed by atoms with Crippen LogP contribution in [0.3, 0.4) is 0 Å². The summed E-state index contributed by atoms with van der Waals surface area (Å²) in [5.74, 6) is 1.63. The van der Waals surface area contributed by atoms with E-state index in [2.05, 4.69) is 26.8 Å². The number of hydrogen-bond donors (Lipinski definition) is 2. The van der Waals surface area contributed by atoms with E-state index < -0.39 is 0 Å². The molecule has 0 unspecified atom stereocenters. The van der Waals surface area contributed by atoms with Crippen molar-refractivity contribution in [2.75, 3.05) is 30.8 Å². The van der Waals surface area contributed by atoms with Crippen LogP contribution in [0.1, 0.15) is 25.6 Å². The molecule has 1 rings (SSSR count). The zero-order chi connectivity index (χ0) is 12.7. The molecule has 0 amide bonds. The highest BCUT2D eigenvalue weighted by molar-refractivity contribution is 5.31. The maximum atomic E-state index is 5.60. The fourth-order valence-corrected chi connectivity index (χ4v) is 1.15. The van der Waals surface area contributed by atoms with Gasteiger partial charge < -0.3 is 15.8 Å². The molecule has 6 heteroatoms. The molecule has 0 aliphatic rings. The van der Waals surface area contributed by atoms with Crippen molar-refractivity contribution >= 4 is 11.9 Å². The zero-order valence-electron chi connectivity index (χ0n) is 10.3. The van der Waals surface area contributed by atoms with Gasteiger partial charge in [-0.15, -0.1) is 6.58 Å². The monoisotopic (exact) mass is 237 g/mol. The Morgan fingerprint density at radius 2 is 2.18 bits per heavy atom. The highest BCUT2D eigenvalue weighted by Gasteiger charge is 2.07. The number of nitrogen functional groups attached to an aromatic ring is 1. The molecular weight excluding hydrogens is 218 g/mol. The summed E-state index contributed by atoms with van der Waals surface area (Å²) in [5.41, 5.74) is 5.60. The number of nitrogens with zero attached hydrogens (tertiary/aromatic N) is 3. The van der Waals surface area contributed by atoms with E-state index in [1.54, 1.807) is 6.08 Å². The lowest BCUT2D eigenvalue weighted by Crippen LogP contribution is -2.14. The van der Waals surface area contributed by atoms with Crippen LogP contribution in [-0.2, 0) is 4.74 Å². The lowest BCUT2D eigenvalue weighted by atomic mass is 10.2. The van der Waals surface area contributed by atoms with Crippen molar-refractivity contribution in [3.8, 4) is 0 Å². The van der Waals surface area contributed by atoms with Crippen molar-refractivity contribution < 1.29 is 4.74 Å². The lowest BCUT2D eigenvalue weighted by Gasteiger charge is -2.08. The zero-order valence-corrected chi connectivity index (χ0v) is 10.3. The summed E-state index contributed by atoms with van der Waals surface area (Å²) < 4.78 is 5.23. The topological polar surface area (TPSA) is 86.0 Å². The fourth-order valence-electron chi connectivity index (χ4n) is 1.15. The van der Waals surface area contributed by atoms with Gasteiger partial charge in [-0.2, -0.15) is 15.0 Å². The summed E-state index contributed by atoms with van der Waals surface area (Å²) >= 11 is 0. The first-order chi connectivity index (χ1) is 8.13.